The van der Waals surface area contributed by atoms with E-state index < -0.39 is 5.97 Å². The van der Waals surface area contributed by atoms with Crippen LogP contribution in [0.2, 0.25) is 5.02 Å². The molecule has 0 bridgehead atoms. The largest absolute Gasteiger partial charge is 0.478 e. The lowest BCUT2D eigenvalue weighted by Gasteiger charge is -2.18. The van der Waals surface area contributed by atoms with Crippen LogP contribution in [0.3, 0.4) is 0 Å². The topological polar surface area (TPSA) is 66.4 Å². The van der Waals surface area contributed by atoms with Crippen LogP contribution in [-0.2, 0) is 4.79 Å². The Morgan fingerprint density at radius 1 is 1.33 bits per heavy atom. The van der Waals surface area contributed by atoms with E-state index in [1.807, 2.05) is 20.8 Å². The van der Waals surface area contributed by atoms with Crippen LogP contribution in [0.25, 0.3) is 0 Å². The van der Waals surface area contributed by atoms with Gasteiger partial charge in [0.15, 0.2) is 0 Å². The zero-order valence-corrected chi connectivity index (χ0v) is 11.3. The maximum absolute atomic E-state index is 11.8. The van der Waals surface area contributed by atoms with E-state index in [0.29, 0.717) is 6.42 Å². The number of anilines is 1. The predicted octanol–water partition coefficient (Wildman–Crippen LogP) is 3.41. The zero-order valence-electron chi connectivity index (χ0n) is 10.6. The average molecular weight is 270 g/mol. The van der Waals surface area contributed by atoms with E-state index in [-0.39, 0.29) is 27.6 Å². The first kappa shape index (κ1) is 14.5. The third-order valence-corrected chi connectivity index (χ3v) is 2.51. The van der Waals surface area contributed by atoms with Crippen molar-refractivity contribution < 1.29 is 14.7 Å². The highest BCUT2D eigenvalue weighted by molar-refractivity contribution is 6.34. The first-order chi connectivity index (χ1) is 8.20. The Bertz CT molecular complexity index is 478. The Kier molecular flexibility index (Phi) is 4.35. The minimum atomic E-state index is -1.16. The van der Waals surface area contributed by atoms with E-state index in [1.54, 1.807) is 6.07 Å². The van der Waals surface area contributed by atoms with Gasteiger partial charge in [-0.2, -0.15) is 0 Å². The average Bonchev–Trinajstić information content (AvgIpc) is 2.13. The third-order valence-electron chi connectivity index (χ3n) is 2.19. The molecule has 0 aliphatic heterocycles. The summed E-state index contributed by atoms with van der Waals surface area (Å²) in [6.45, 7) is 5.80. The van der Waals surface area contributed by atoms with E-state index >= 15 is 0 Å². The van der Waals surface area contributed by atoms with Crippen molar-refractivity contribution >= 4 is 29.2 Å². The molecule has 0 heterocycles. The molecule has 0 unspecified atom stereocenters. The lowest BCUT2D eigenvalue weighted by molar-refractivity contribution is -0.117. The molecule has 0 saturated carbocycles. The van der Waals surface area contributed by atoms with Gasteiger partial charge in [0.25, 0.3) is 0 Å². The Morgan fingerprint density at radius 3 is 2.44 bits per heavy atom. The number of halogens is 1. The fourth-order valence-corrected chi connectivity index (χ4v) is 1.78. The van der Waals surface area contributed by atoms with Gasteiger partial charge in [-0.05, 0) is 17.5 Å². The van der Waals surface area contributed by atoms with Crippen LogP contribution in [0.15, 0.2) is 18.2 Å². The minimum Gasteiger partial charge on any atom is -0.478 e. The molecule has 0 aromatic heterocycles. The van der Waals surface area contributed by atoms with Crippen molar-refractivity contribution in [2.45, 2.75) is 27.2 Å². The second kappa shape index (κ2) is 5.40. The summed E-state index contributed by atoms with van der Waals surface area (Å²) in [5.41, 5.74) is -0.0165. The molecule has 0 radical (unpaired) electrons. The highest BCUT2D eigenvalue weighted by Crippen LogP contribution is 2.26. The van der Waals surface area contributed by atoms with Crippen LogP contribution in [0.4, 0.5) is 5.69 Å². The van der Waals surface area contributed by atoms with Crippen molar-refractivity contribution in [3.05, 3.63) is 28.8 Å². The van der Waals surface area contributed by atoms with Crippen LogP contribution >= 0.6 is 11.6 Å². The Balaban J connectivity index is 2.95. The molecule has 0 saturated heterocycles. The number of aromatic carboxylic acids is 1. The quantitative estimate of drug-likeness (QED) is 0.884. The molecular weight excluding hydrogens is 254 g/mol. The van der Waals surface area contributed by atoms with Gasteiger partial charge >= 0.3 is 5.97 Å². The standard InChI is InChI=1S/C13H16ClNO3/c1-13(2,3)7-10(16)15-9-6-4-5-8(14)11(9)12(17)18/h4-6H,7H2,1-3H3,(H,15,16)(H,17,18). The molecule has 0 aliphatic rings. The normalized spacial score (nSPS) is 11.1. The molecule has 1 amide bonds. The molecule has 4 nitrogen and oxygen atoms in total. The SMILES string of the molecule is CC(C)(C)CC(=O)Nc1cccc(Cl)c1C(=O)O. The van der Waals surface area contributed by atoms with Gasteiger partial charge in [-0.1, -0.05) is 38.4 Å². The van der Waals surface area contributed by atoms with E-state index in [1.165, 1.54) is 12.1 Å². The second-order valence-corrected chi connectivity index (χ2v) is 5.66. The Morgan fingerprint density at radius 2 is 1.94 bits per heavy atom. The van der Waals surface area contributed by atoms with Gasteiger partial charge in [0.2, 0.25) is 5.91 Å². The van der Waals surface area contributed by atoms with Crippen LogP contribution in [0.5, 0.6) is 0 Å². The smallest absolute Gasteiger partial charge is 0.339 e. The summed E-state index contributed by atoms with van der Waals surface area (Å²) in [7, 11) is 0. The highest BCUT2D eigenvalue weighted by atomic mass is 35.5. The number of hydrogen-bond acceptors (Lipinski definition) is 2. The Hall–Kier alpha value is -1.55. The summed E-state index contributed by atoms with van der Waals surface area (Å²) in [5, 5.41) is 11.7. The lowest BCUT2D eigenvalue weighted by Crippen LogP contribution is -2.21. The van der Waals surface area contributed by atoms with Gasteiger partial charge in [-0.25, -0.2) is 4.79 Å². The summed E-state index contributed by atoms with van der Waals surface area (Å²) < 4.78 is 0. The lowest BCUT2D eigenvalue weighted by atomic mass is 9.92. The summed E-state index contributed by atoms with van der Waals surface area (Å²) in [4.78, 5) is 22.8. The summed E-state index contributed by atoms with van der Waals surface area (Å²) >= 11 is 5.81. The second-order valence-electron chi connectivity index (χ2n) is 5.25. The molecule has 1 rings (SSSR count). The van der Waals surface area contributed by atoms with Crippen molar-refractivity contribution in [1.82, 2.24) is 0 Å². The van der Waals surface area contributed by atoms with Crippen LogP contribution in [0.1, 0.15) is 37.6 Å². The Labute approximate surface area is 111 Å². The molecule has 98 valence electrons. The van der Waals surface area contributed by atoms with Gasteiger partial charge in [-0.3, -0.25) is 4.79 Å². The van der Waals surface area contributed by atoms with Crippen LogP contribution in [-0.4, -0.2) is 17.0 Å². The molecule has 1 aromatic rings. The number of rotatable bonds is 3. The monoisotopic (exact) mass is 269 g/mol. The molecule has 0 aliphatic carbocycles. The molecule has 18 heavy (non-hydrogen) atoms. The van der Waals surface area contributed by atoms with Crippen molar-refractivity contribution in [3.8, 4) is 0 Å². The third kappa shape index (κ3) is 4.04. The van der Waals surface area contributed by atoms with Crippen LogP contribution in [0, 0.1) is 5.41 Å². The molecule has 2 N–H and O–H groups in total. The van der Waals surface area contributed by atoms with E-state index in [4.69, 9.17) is 16.7 Å². The van der Waals surface area contributed by atoms with Crippen molar-refractivity contribution in [2.75, 3.05) is 5.32 Å². The van der Waals surface area contributed by atoms with Gasteiger partial charge in [0, 0.05) is 6.42 Å². The van der Waals surface area contributed by atoms with Crippen molar-refractivity contribution in [1.29, 1.82) is 0 Å². The summed E-state index contributed by atoms with van der Waals surface area (Å²) in [6, 6.07) is 4.60. The van der Waals surface area contributed by atoms with Gasteiger partial charge in [0.1, 0.15) is 5.56 Å². The van der Waals surface area contributed by atoms with Crippen molar-refractivity contribution in [2.24, 2.45) is 5.41 Å². The van der Waals surface area contributed by atoms with Gasteiger partial charge in [0.05, 0.1) is 10.7 Å². The maximum atomic E-state index is 11.8. The number of carboxylic acids is 1. The molecule has 0 fully saturated rings. The van der Waals surface area contributed by atoms with E-state index in [0.717, 1.165) is 0 Å². The number of carbonyl (C=O) groups excluding carboxylic acids is 1. The van der Waals surface area contributed by atoms with Gasteiger partial charge < -0.3 is 10.4 Å². The molecule has 1 aromatic carbocycles. The number of carboxylic acid groups (broad SMARTS) is 1. The number of nitrogens with one attached hydrogen (secondary N) is 1. The van der Waals surface area contributed by atoms with Crippen molar-refractivity contribution in [3.63, 3.8) is 0 Å². The molecule has 5 heteroatoms. The first-order valence-corrected chi connectivity index (χ1v) is 5.90. The van der Waals surface area contributed by atoms with E-state index in [2.05, 4.69) is 5.32 Å². The number of benzene rings is 1. The minimum absolute atomic E-state index is 0.0820. The fraction of sp³-hybridized carbons (Fsp3) is 0.385. The molecular formula is C13H16ClNO3. The summed E-state index contributed by atoms with van der Waals surface area (Å²) in [5.74, 6) is -1.39. The highest BCUT2D eigenvalue weighted by Gasteiger charge is 2.19. The van der Waals surface area contributed by atoms with Gasteiger partial charge in [-0.15, -0.1) is 0 Å². The number of amides is 1. The fourth-order valence-electron chi connectivity index (χ4n) is 1.52. The van der Waals surface area contributed by atoms with Crippen LogP contribution < -0.4 is 5.32 Å². The number of carbonyl (C=O) groups is 2. The molecule has 0 spiro atoms. The summed E-state index contributed by atoms with van der Waals surface area (Å²) in [6.07, 6.45) is 0.304. The maximum Gasteiger partial charge on any atom is 0.339 e. The first-order valence-electron chi connectivity index (χ1n) is 5.52. The van der Waals surface area contributed by atoms with E-state index in [9.17, 15) is 9.59 Å². The zero-order chi connectivity index (χ0) is 13.9. The molecule has 0 atom stereocenters. The number of hydrogen-bond donors (Lipinski definition) is 2. The predicted molar refractivity (Wildman–Crippen MR) is 71.1 cm³/mol.